The number of ether oxygens (including phenoxy) is 2. The molecular weight excluding hydrogens is 421 g/mol. The maximum absolute atomic E-state index is 13.1. The summed E-state index contributed by atoms with van der Waals surface area (Å²) in [5.74, 6) is 1.66. The highest BCUT2D eigenvalue weighted by molar-refractivity contribution is 5.89. The molecule has 0 bridgehead atoms. The number of halogens is 1. The van der Waals surface area contributed by atoms with Crippen molar-refractivity contribution in [3.63, 3.8) is 0 Å². The monoisotopic (exact) mass is 449 g/mol. The molecule has 0 N–H and O–H groups in total. The molecule has 1 fully saturated rings. The van der Waals surface area contributed by atoms with Crippen LogP contribution in [-0.2, 0) is 4.74 Å². The minimum Gasteiger partial charge on any atom is -0.494 e. The lowest BCUT2D eigenvalue weighted by Gasteiger charge is -2.32. The van der Waals surface area contributed by atoms with Gasteiger partial charge >= 0.3 is 5.97 Å². The first-order valence-corrected chi connectivity index (χ1v) is 11.4. The second-order valence-corrected chi connectivity index (χ2v) is 8.10. The quantitative estimate of drug-likeness (QED) is 0.444. The third kappa shape index (κ3) is 6.06. The van der Waals surface area contributed by atoms with Crippen molar-refractivity contribution in [3.05, 3.63) is 72.0 Å². The lowest BCUT2D eigenvalue weighted by Crippen LogP contribution is -2.34. The maximum Gasteiger partial charge on any atom is 0.338 e. The molecule has 0 unspecified atom stereocenters. The molecule has 1 aliphatic rings. The highest BCUT2D eigenvalue weighted by Crippen LogP contribution is 2.25. The number of nitrogens with zero attached hydrogens (tertiary/aromatic N) is 3. The predicted octanol–water partition coefficient (Wildman–Crippen LogP) is 5.14. The SMILES string of the molecule is CCOC(=O)c1ccc(OCCC2CCN(c3ccc(-c4ccc(F)cc4)nn3)CC2)cc1. The summed E-state index contributed by atoms with van der Waals surface area (Å²) in [6.45, 7) is 4.67. The van der Waals surface area contributed by atoms with E-state index in [0.717, 1.165) is 55.2 Å². The van der Waals surface area contributed by atoms with Gasteiger partial charge in [-0.05, 0) is 92.8 Å². The molecule has 2 aromatic carbocycles. The van der Waals surface area contributed by atoms with E-state index in [2.05, 4.69) is 15.1 Å². The van der Waals surface area contributed by atoms with Crippen LogP contribution < -0.4 is 9.64 Å². The summed E-state index contributed by atoms with van der Waals surface area (Å²) in [5, 5.41) is 8.70. The van der Waals surface area contributed by atoms with Gasteiger partial charge in [0.05, 0.1) is 24.5 Å². The average molecular weight is 450 g/mol. The van der Waals surface area contributed by atoms with Gasteiger partial charge in [-0.15, -0.1) is 10.2 Å². The highest BCUT2D eigenvalue weighted by Gasteiger charge is 2.20. The van der Waals surface area contributed by atoms with Crippen LogP contribution in [0.2, 0.25) is 0 Å². The average Bonchev–Trinajstić information content (AvgIpc) is 2.86. The number of rotatable bonds is 8. The molecule has 0 spiro atoms. The fourth-order valence-corrected chi connectivity index (χ4v) is 3.96. The molecule has 7 heteroatoms. The Morgan fingerprint density at radius 3 is 2.36 bits per heavy atom. The Bertz CT molecular complexity index is 1030. The van der Waals surface area contributed by atoms with E-state index in [-0.39, 0.29) is 11.8 Å². The molecule has 0 amide bonds. The van der Waals surface area contributed by atoms with Crippen LogP contribution in [0.4, 0.5) is 10.2 Å². The van der Waals surface area contributed by atoms with E-state index in [4.69, 9.17) is 9.47 Å². The van der Waals surface area contributed by atoms with Gasteiger partial charge in [-0.2, -0.15) is 0 Å². The van der Waals surface area contributed by atoms with Gasteiger partial charge in [-0.1, -0.05) is 0 Å². The molecule has 172 valence electrons. The van der Waals surface area contributed by atoms with E-state index in [1.165, 1.54) is 12.1 Å². The summed E-state index contributed by atoms with van der Waals surface area (Å²) in [4.78, 5) is 14.0. The summed E-state index contributed by atoms with van der Waals surface area (Å²) in [6.07, 6.45) is 3.14. The zero-order valence-electron chi connectivity index (χ0n) is 18.7. The Kier molecular flexibility index (Phi) is 7.50. The van der Waals surface area contributed by atoms with Crippen molar-refractivity contribution in [1.29, 1.82) is 0 Å². The minimum absolute atomic E-state index is 0.261. The molecule has 0 radical (unpaired) electrons. The topological polar surface area (TPSA) is 64.6 Å². The number of anilines is 1. The molecule has 33 heavy (non-hydrogen) atoms. The molecule has 3 aromatic rings. The molecule has 1 aromatic heterocycles. The summed E-state index contributed by atoms with van der Waals surface area (Å²) in [5.41, 5.74) is 2.12. The molecule has 6 nitrogen and oxygen atoms in total. The first-order chi connectivity index (χ1) is 16.1. The third-order valence-electron chi connectivity index (χ3n) is 5.89. The van der Waals surface area contributed by atoms with Gasteiger partial charge in [0.1, 0.15) is 11.6 Å². The Morgan fingerprint density at radius 2 is 1.73 bits per heavy atom. The summed E-state index contributed by atoms with van der Waals surface area (Å²) >= 11 is 0. The fraction of sp³-hybridized carbons (Fsp3) is 0.346. The standard InChI is InChI=1S/C26H28FN3O3/c1-2-32-26(31)21-5-9-23(10-6-21)33-18-15-19-13-16-30(17-14-19)25-12-11-24(28-29-25)20-3-7-22(27)8-4-20/h3-12,19H,2,13-18H2,1H3. The lowest BCUT2D eigenvalue weighted by atomic mass is 9.94. The number of hydrogen-bond donors (Lipinski definition) is 0. The Hall–Kier alpha value is -3.48. The molecule has 1 aliphatic heterocycles. The van der Waals surface area contributed by atoms with Crippen LogP contribution in [0.1, 0.15) is 36.5 Å². The second kappa shape index (κ2) is 10.9. The lowest BCUT2D eigenvalue weighted by molar-refractivity contribution is 0.0526. The molecule has 2 heterocycles. The highest BCUT2D eigenvalue weighted by atomic mass is 19.1. The zero-order chi connectivity index (χ0) is 23.0. The fourth-order valence-electron chi connectivity index (χ4n) is 3.96. The van der Waals surface area contributed by atoms with Crippen LogP contribution in [0.15, 0.2) is 60.7 Å². The minimum atomic E-state index is -0.314. The van der Waals surface area contributed by atoms with Gasteiger partial charge < -0.3 is 14.4 Å². The smallest absolute Gasteiger partial charge is 0.338 e. The normalized spacial score (nSPS) is 14.2. The van der Waals surface area contributed by atoms with Gasteiger partial charge in [-0.3, -0.25) is 0 Å². The maximum atomic E-state index is 13.1. The number of benzene rings is 2. The molecular formula is C26H28FN3O3. The summed E-state index contributed by atoms with van der Waals surface area (Å²) in [7, 11) is 0. The van der Waals surface area contributed by atoms with Crippen LogP contribution in [0, 0.1) is 11.7 Å². The number of carbonyl (C=O) groups excluding carboxylic acids is 1. The zero-order valence-corrected chi connectivity index (χ0v) is 18.7. The van der Waals surface area contributed by atoms with Crippen LogP contribution in [0.5, 0.6) is 5.75 Å². The van der Waals surface area contributed by atoms with Crippen molar-refractivity contribution >= 4 is 11.8 Å². The van der Waals surface area contributed by atoms with Crippen molar-refractivity contribution < 1.29 is 18.7 Å². The first kappa shape index (κ1) is 22.7. The first-order valence-electron chi connectivity index (χ1n) is 11.4. The molecule has 1 saturated heterocycles. The van der Waals surface area contributed by atoms with Crippen LogP contribution in [0.3, 0.4) is 0 Å². The van der Waals surface area contributed by atoms with Gasteiger partial charge in [0, 0.05) is 18.7 Å². The van der Waals surface area contributed by atoms with Crippen LogP contribution in [-0.4, -0.2) is 42.5 Å². The Morgan fingerprint density at radius 1 is 1.00 bits per heavy atom. The van der Waals surface area contributed by atoms with Crippen molar-refractivity contribution in [1.82, 2.24) is 10.2 Å². The van der Waals surface area contributed by atoms with Crippen LogP contribution >= 0.6 is 0 Å². The Labute approximate surface area is 193 Å². The van der Waals surface area contributed by atoms with Crippen molar-refractivity contribution in [2.45, 2.75) is 26.2 Å². The van der Waals surface area contributed by atoms with E-state index in [1.54, 1.807) is 31.2 Å². The number of esters is 1. The van der Waals surface area contributed by atoms with Gasteiger partial charge in [0.25, 0.3) is 0 Å². The largest absolute Gasteiger partial charge is 0.494 e. The second-order valence-electron chi connectivity index (χ2n) is 8.10. The van der Waals surface area contributed by atoms with Gasteiger partial charge in [-0.25, -0.2) is 9.18 Å². The van der Waals surface area contributed by atoms with E-state index < -0.39 is 0 Å². The predicted molar refractivity (Wildman–Crippen MR) is 125 cm³/mol. The third-order valence-corrected chi connectivity index (χ3v) is 5.89. The van der Waals surface area contributed by atoms with Crippen LogP contribution in [0.25, 0.3) is 11.3 Å². The number of piperidine rings is 1. The van der Waals surface area contributed by atoms with Gasteiger partial charge in [0.2, 0.25) is 0 Å². The summed E-state index contributed by atoms with van der Waals surface area (Å²) in [6, 6.07) is 17.3. The van der Waals surface area contributed by atoms with Crippen molar-refractivity contribution in [3.8, 4) is 17.0 Å². The summed E-state index contributed by atoms with van der Waals surface area (Å²) < 4.78 is 24.0. The number of carbonyl (C=O) groups is 1. The van der Waals surface area contributed by atoms with Crippen molar-refractivity contribution in [2.24, 2.45) is 5.92 Å². The van der Waals surface area contributed by atoms with E-state index in [0.29, 0.717) is 24.7 Å². The van der Waals surface area contributed by atoms with E-state index in [1.807, 2.05) is 24.3 Å². The van der Waals surface area contributed by atoms with E-state index in [9.17, 15) is 9.18 Å². The van der Waals surface area contributed by atoms with Crippen molar-refractivity contribution in [2.75, 3.05) is 31.2 Å². The molecule has 0 aliphatic carbocycles. The van der Waals surface area contributed by atoms with E-state index >= 15 is 0 Å². The van der Waals surface area contributed by atoms with Gasteiger partial charge in [0.15, 0.2) is 5.82 Å². The number of hydrogen-bond acceptors (Lipinski definition) is 6. The number of aromatic nitrogens is 2. The molecule has 4 rings (SSSR count). The Balaban J connectivity index is 1.21. The molecule has 0 saturated carbocycles. The molecule has 0 atom stereocenters.